The lowest BCUT2D eigenvalue weighted by Crippen LogP contribution is -2.35. The molecule has 90 valence electrons. The van der Waals surface area contributed by atoms with Crippen LogP contribution in [-0.2, 0) is 6.54 Å². The fourth-order valence-electron chi connectivity index (χ4n) is 1.77. The number of hydrogen-bond acceptors (Lipinski definition) is 2. The molecular formula is C12H13FN2O2. The Morgan fingerprint density at radius 1 is 1.35 bits per heavy atom. The predicted octanol–water partition coefficient (Wildman–Crippen LogP) is 1.63. The molecule has 1 aromatic heterocycles. The molecule has 0 saturated carbocycles. The maximum atomic E-state index is 13.5. The fraction of sp³-hybridized carbons (Fsp3) is 0.333. The Labute approximate surface area is 96.7 Å². The van der Waals surface area contributed by atoms with Gasteiger partial charge in [0, 0.05) is 6.54 Å². The number of fused-ring (bicyclic) bond motifs is 1. The van der Waals surface area contributed by atoms with Gasteiger partial charge in [-0.05, 0) is 18.6 Å². The molecule has 0 saturated heterocycles. The van der Waals surface area contributed by atoms with Crippen molar-refractivity contribution in [2.24, 2.45) is 0 Å². The van der Waals surface area contributed by atoms with Crippen LogP contribution in [0.2, 0.25) is 0 Å². The summed E-state index contributed by atoms with van der Waals surface area (Å²) in [6.45, 7) is 2.27. The molecule has 1 N–H and O–H groups in total. The van der Waals surface area contributed by atoms with Crippen LogP contribution < -0.4 is 11.2 Å². The highest BCUT2D eigenvalue weighted by Crippen LogP contribution is 2.09. The van der Waals surface area contributed by atoms with Crippen LogP contribution >= 0.6 is 0 Å². The van der Waals surface area contributed by atoms with E-state index in [1.54, 1.807) is 0 Å². The minimum Gasteiger partial charge on any atom is -0.307 e. The molecule has 4 nitrogen and oxygen atoms in total. The summed E-state index contributed by atoms with van der Waals surface area (Å²) in [4.78, 5) is 26.2. The first-order chi connectivity index (χ1) is 8.15. The number of nitrogens with one attached hydrogen (secondary N) is 1. The monoisotopic (exact) mass is 236 g/mol. The average Bonchev–Trinajstić information content (AvgIpc) is 2.28. The van der Waals surface area contributed by atoms with Crippen LogP contribution in [0, 0.1) is 5.82 Å². The highest BCUT2D eigenvalue weighted by atomic mass is 19.1. The minimum absolute atomic E-state index is 0.0526. The summed E-state index contributed by atoms with van der Waals surface area (Å²) in [6.07, 6.45) is 1.57. The Bertz CT molecular complexity index is 658. The number of aromatic amines is 1. The SMILES string of the molecule is CCCCn1c(=O)[nH]c2cccc(F)c2c1=O. The summed E-state index contributed by atoms with van der Waals surface area (Å²) < 4.78 is 14.6. The van der Waals surface area contributed by atoms with E-state index in [4.69, 9.17) is 0 Å². The fourth-order valence-corrected chi connectivity index (χ4v) is 1.77. The zero-order chi connectivity index (χ0) is 12.4. The first kappa shape index (κ1) is 11.6. The maximum Gasteiger partial charge on any atom is 0.328 e. The third-order valence-corrected chi connectivity index (χ3v) is 2.69. The van der Waals surface area contributed by atoms with Crippen LogP contribution in [0.25, 0.3) is 10.9 Å². The van der Waals surface area contributed by atoms with E-state index >= 15 is 0 Å². The van der Waals surface area contributed by atoms with Gasteiger partial charge in [-0.25, -0.2) is 9.18 Å². The maximum absolute atomic E-state index is 13.5. The second-order valence-electron chi connectivity index (χ2n) is 3.90. The Morgan fingerprint density at radius 2 is 2.12 bits per heavy atom. The van der Waals surface area contributed by atoms with Gasteiger partial charge in [-0.2, -0.15) is 0 Å². The van der Waals surface area contributed by atoms with Crippen LogP contribution in [-0.4, -0.2) is 9.55 Å². The molecule has 0 amide bonds. The summed E-state index contributed by atoms with van der Waals surface area (Å²) >= 11 is 0. The molecule has 0 bridgehead atoms. The van der Waals surface area contributed by atoms with Crippen molar-refractivity contribution in [1.82, 2.24) is 9.55 Å². The molecule has 0 unspecified atom stereocenters. The van der Waals surface area contributed by atoms with Crippen molar-refractivity contribution in [3.8, 4) is 0 Å². The van der Waals surface area contributed by atoms with E-state index in [9.17, 15) is 14.0 Å². The second kappa shape index (κ2) is 4.53. The number of benzene rings is 1. The Kier molecular flexibility index (Phi) is 3.08. The van der Waals surface area contributed by atoms with Gasteiger partial charge in [-0.3, -0.25) is 9.36 Å². The standard InChI is InChI=1S/C12H13FN2O2/c1-2-3-7-15-11(16)10-8(13)5-4-6-9(10)14-12(15)17/h4-6H,2-3,7H2,1H3,(H,14,17). The first-order valence-electron chi connectivity index (χ1n) is 5.56. The van der Waals surface area contributed by atoms with Gasteiger partial charge in [0.2, 0.25) is 0 Å². The van der Waals surface area contributed by atoms with Gasteiger partial charge in [0.15, 0.2) is 0 Å². The molecule has 1 heterocycles. The summed E-state index contributed by atoms with van der Waals surface area (Å²) in [6, 6.07) is 4.20. The summed E-state index contributed by atoms with van der Waals surface area (Å²) in [5.41, 5.74) is -0.801. The molecule has 0 radical (unpaired) electrons. The van der Waals surface area contributed by atoms with Crippen LogP contribution in [0.4, 0.5) is 4.39 Å². The van der Waals surface area contributed by atoms with E-state index in [1.165, 1.54) is 18.2 Å². The number of rotatable bonds is 3. The van der Waals surface area contributed by atoms with E-state index < -0.39 is 17.1 Å². The third-order valence-electron chi connectivity index (χ3n) is 2.69. The lowest BCUT2D eigenvalue weighted by Gasteiger charge is -2.05. The highest BCUT2D eigenvalue weighted by Gasteiger charge is 2.10. The van der Waals surface area contributed by atoms with Crippen molar-refractivity contribution < 1.29 is 4.39 Å². The number of nitrogens with zero attached hydrogens (tertiary/aromatic N) is 1. The molecule has 1 aromatic carbocycles. The van der Waals surface area contributed by atoms with Gasteiger partial charge in [0.05, 0.1) is 10.9 Å². The number of unbranched alkanes of at least 4 members (excludes halogenated alkanes) is 1. The van der Waals surface area contributed by atoms with E-state index in [2.05, 4.69) is 4.98 Å². The number of halogens is 1. The minimum atomic E-state index is -0.603. The molecule has 2 aromatic rings. The largest absolute Gasteiger partial charge is 0.328 e. The lowest BCUT2D eigenvalue weighted by atomic mass is 10.2. The topological polar surface area (TPSA) is 54.9 Å². The van der Waals surface area contributed by atoms with Gasteiger partial charge in [0.25, 0.3) is 5.56 Å². The molecule has 0 fully saturated rings. The van der Waals surface area contributed by atoms with Gasteiger partial charge in [-0.1, -0.05) is 19.4 Å². The van der Waals surface area contributed by atoms with Crippen molar-refractivity contribution >= 4 is 10.9 Å². The normalized spacial score (nSPS) is 10.9. The Morgan fingerprint density at radius 3 is 2.82 bits per heavy atom. The molecule has 0 aliphatic rings. The van der Waals surface area contributed by atoms with Crippen LogP contribution in [0.1, 0.15) is 19.8 Å². The van der Waals surface area contributed by atoms with E-state index in [1.807, 2.05) is 6.92 Å². The van der Waals surface area contributed by atoms with Crippen molar-refractivity contribution in [1.29, 1.82) is 0 Å². The zero-order valence-corrected chi connectivity index (χ0v) is 9.50. The lowest BCUT2D eigenvalue weighted by molar-refractivity contribution is 0.583. The molecule has 0 atom stereocenters. The molecule has 0 aliphatic heterocycles. The molecule has 17 heavy (non-hydrogen) atoms. The molecule has 2 rings (SSSR count). The van der Waals surface area contributed by atoms with Gasteiger partial charge >= 0.3 is 5.69 Å². The van der Waals surface area contributed by atoms with Crippen molar-refractivity contribution in [3.05, 3.63) is 44.9 Å². The molecule has 0 aliphatic carbocycles. The number of aromatic nitrogens is 2. The molecular weight excluding hydrogens is 223 g/mol. The summed E-state index contributed by atoms with van der Waals surface area (Å²) in [5, 5.41) is -0.0526. The van der Waals surface area contributed by atoms with Gasteiger partial charge in [-0.15, -0.1) is 0 Å². The van der Waals surface area contributed by atoms with Crippen molar-refractivity contribution in [2.75, 3.05) is 0 Å². The van der Waals surface area contributed by atoms with Crippen LogP contribution in [0.15, 0.2) is 27.8 Å². The smallest absolute Gasteiger partial charge is 0.307 e. The van der Waals surface area contributed by atoms with Gasteiger partial charge < -0.3 is 4.98 Å². The second-order valence-corrected chi connectivity index (χ2v) is 3.90. The number of hydrogen-bond donors (Lipinski definition) is 1. The zero-order valence-electron chi connectivity index (χ0n) is 9.50. The van der Waals surface area contributed by atoms with E-state index in [0.29, 0.717) is 13.0 Å². The Hall–Kier alpha value is -1.91. The average molecular weight is 236 g/mol. The van der Waals surface area contributed by atoms with Crippen LogP contribution in [0.5, 0.6) is 0 Å². The highest BCUT2D eigenvalue weighted by molar-refractivity contribution is 5.77. The quantitative estimate of drug-likeness (QED) is 0.880. The number of H-pyrrole nitrogens is 1. The van der Waals surface area contributed by atoms with Crippen LogP contribution in [0.3, 0.4) is 0 Å². The Balaban J connectivity index is 2.74. The van der Waals surface area contributed by atoms with Crippen molar-refractivity contribution in [2.45, 2.75) is 26.3 Å². The van der Waals surface area contributed by atoms with Gasteiger partial charge in [0.1, 0.15) is 5.82 Å². The predicted molar refractivity (Wildman–Crippen MR) is 63.7 cm³/mol. The molecule has 5 heteroatoms. The first-order valence-corrected chi connectivity index (χ1v) is 5.56. The van der Waals surface area contributed by atoms with E-state index in [0.717, 1.165) is 11.0 Å². The van der Waals surface area contributed by atoms with Crippen molar-refractivity contribution in [3.63, 3.8) is 0 Å². The van der Waals surface area contributed by atoms with E-state index in [-0.39, 0.29) is 10.9 Å². The summed E-state index contributed by atoms with van der Waals surface area (Å²) in [5.74, 6) is -0.603. The summed E-state index contributed by atoms with van der Waals surface area (Å²) in [7, 11) is 0. The third kappa shape index (κ3) is 2.00. The molecule has 0 spiro atoms.